The van der Waals surface area contributed by atoms with Gasteiger partial charge in [0.1, 0.15) is 19.0 Å². The maximum Gasteiger partial charge on any atom is 0.405 e. The lowest BCUT2D eigenvalue weighted by Crippen LogP contribution is -2.48. The normalized spacial score (nSPS) is 14.8. The van der Waals surface area contributed by atoms with Crippen LogP contribution in [0.1, 0.15) is 36.7 Å². The molecule has 0 fully saturated rings. The van der Waals surface area contributed by atoms with Crippen molar-refractivity contribution in [1.82, 2.24) is 24.8 Å². The van der Waals surface area contributed by atoms with Gasteiger partial charge in [-0.2, -0.15) is 0 Å². The van der Waals surface area contributed by atoms with E-state index >= 15 is 0 Å². The number of aryl methyl sites for hydroxylation is 1. The maximum absolute atomic E-state index is 13.4. The van der Waals surface area contributed by atoms with E-state index in [1.165, 1.54) is 4.90 Å². The second kappa shape index (κ2) is 11.6. The van der Waals surface area contributed by atoms with Gasteiger partial charge in [0, 0.05) is 31.1 Å². The molecule has 43 heavy (non-hydrogen) atoms. The standard InChI is InChI=1S/C31H40FN5O5Si/c1-31(2,3)43(5,6)42-13-12-41-26-9-7-8-20-14-24(34-27(20)26)28-35-23-16-22-19(15-25(23)36(28)4)10-11-37(29(22)38)18-21(17-32)33-30(39)40/h7-9,14-16,21,33-34H,10-13,17-18H2,1-6H3,(H,39,40)/t21-/m1/s1. The summed E-state index contributed by atoms with van der Waals surface area (Å²) in [6.07, 6.45) is -0.739. The number of benzene rings is 2. The number of nitrogens with one attached hydrogen (secondary N) is 2. The van der Waals surface area contributed by atoms with Crippen LogP contribution in [-0.2, 0) is 17.9 Å². The van der Waals surface area contributed by atoms with Crippen LogP contribution in [-0.4, -0.2) is 83.9 Å². The summed E-state index contributed by atoms with van der Waals surface area (Å²) in [6, 6.07) is 10.7. The fourth-order valence-electron chi connectivity index (χ4n) is 5.24. The summed E-state index contributed by atoms with van der Waals surface area (Å²) in [6.45, 7) is 11.5. The summed E-state index contributed by atoms with van der Waals surface area (Å²) in [5.74, 6) is 1.20. The molecule has 0 unspecified atom stereocenters. The third kappa shape index (κ3) is 6.12. The van der Waals surface area contributed by atoms with Crippen LogP contribution in [0.25, 0.3) is 33.5 Å². The first-order valence-corrected chi connectivity index (χ1v) is 17.4. The van der Waals surface area contributed by atoms with E-state index in [4.69, 9.17) is 19.3 Å². The number of fused-ring (bicyclic) bond motifs is 3. The summed E-state index contributed by atoms with van der Waals surface area (Å²) in [4.78, 5) is 34.1. The van der Waals surface area contributed by atoms with Crippen molar-refractivity contribution in [3.63, 3.8) is 0 Å². The summed E-state index contributed by atoms with van der Waals surface area (Å²) in [5, 5.41) is 12.2. The zero-order valence-corrected chi connectivity index (χ0v) is 26.6. The topological polar surface area (TPSA) is 122 Å². The van der Waals surface area contributed by atoms with E-state index < -0.39 is 27.1 Å². The highest BCUT2D eigenvalue weighted by atomic mass is 28.4. The SMILES string of the molecule is Cn1c(-c2cc3cccc(OCCO[Si](C)(C)C(C)(C)C)c3[nH]2)nc2cc3c(cc21)CCN(C[C@@H](CF)NC(=O)O)C3=O. The van der Waals surface area contributed by atoms with Crippen molar-refractivity contribution in [2.75, 3.05) is 33.0 Å². The predicted octanol–water partition coefficient (Wildman–Crippen LogP) is 5.73. The number of H-pyrrole nitrogens is 1. The second-order valence-corrected chi connectivity index (χ2v) is 17.5. The maximum atomic E-state index is 13.4. The number of halogens is 1. The number of carbonyl (C=O) groups excluding carboxylic acids is 1. The lowest BCUT2D eigenvalue weighted by molar-refractivity contribution is 0.0714. The molecule has 230 valence electrons. The Bertz CT molecular complexity index is 1670. The molecule has 3 N–H and O–H groups in total. The molecular weight excluding hydrogens is 569 g/mol. The minimum Gasteiger partial charge on any atom is -0.489 e. The van der Waals surface area contributed by atoms with Gasteiger partial charge in [0.15, 0.2) is 14.1 Å². The van der Waals surface area contributed by atoms with Gasteiger partial charge in [-0.15, -0.1) is 0 Å². The molecule has 4 aromatic rings. The zero-order chi connectivity index (χ0) is 31.1. The van der Waals surface area contributed by atoms with Crippen molar-refractivity contribution < 1.29 is 28.2 Å². The molecule has 0 saturated heterocycles. The number of hydrogen-bond acceptors (Lipinski definition) is 5. The van der Waals surface area contributed by atoms with E-state index in [0.717, 1.165) is 33.4 Å². The predicted molar refractivity (Wildman–Crippen MR) is 167 cm³/mol. The summed E-state index contributed by atoms with van der Waals surface area (Å²) < 4.78 is 27.8. The molecule has 2 aromatic carbocycles. The molecule has 12 heteroatoms. The molecule has 1 aliphatic rings. The minimum atomic E-state index is -1.85. The molecule has 0 spiro atoms. The fraction of sp³-hybridized carbons (Fsp3) is 0.452. The molecule has 2 aromatic heterocycles. The van der Waals surface area contributed by atoms with Crippen molar-refractivity contribution in [2.45, 2.75) is 51.4 Å². The van der Waals surface area contributed by atoms with Gasteiger partial charge in [-0.3, -0.25) is 4.79 Å². The average molecular weight is 610 g/mol. The Hall–Kier alpha value is -3.90. The number of nitrogens with zero attached hydrogens (tertiary/aromatic N) is 3. The third-order valence-electron chi connectivity index (χ3n) is 8.70. The van der Waals surface area contributed by atoms with Crippen LogP contribution in [0.15, 0.2) is 36.4 Å². The van der Waals surface area contributed by atoms with E-state index in [2.05, 4.69) is 44.2 Å². The lowest BCUT2D eigenvalue weighted by atomic mass is 9.97. The number of aromatic amines is 1. The Labute approximate surface area is 251 Å². The van der Waals surface area contributed by atoms with Gasteiger partial charge in [-0.1, -0.05) is 32.9 Å². The average Bonchev–Trinajstić information content (AvgIpc) is 3.51. The number of imidazole rings is 1. The Morgan fingerprint density at radius 3 is 2.70 bits per heavy atom. The van der Waals surface area contributed by atoms with E-state index in [9.17, 15) is 14.0 Å². The number of hydrogen-bond donors (Lipinski definition) is 3. The zero-order valence-electron chi connectivity index (χ0n) is 25.6. The fourth-order valence-corrected chi connectivity index (χ4v) is 6.26. The number of ether oxygens (including phenoxy) is 1. The minimum absolute atomic E-state index is 0.0333. The van der Waals surface area contributed by atoms with Crippen molar-refractivity contribution in [1.29, 1.82) is 0 Å². The molecule has 0 saturated carbocycles. The second-order valence-electron chi connectivity index (χ2n) is 12.7. The van der Waals surface area contributed by atoms with Crippen LogP contribution in [0.5, 0.6) is 5.75 Å². The molecule has 1 atom stereocenters. The summed E-state index contributed by atoms with van der Waals surface area (Å²) >= 11 is 0. The Balaban J connectivity index is 1.37. The quantitative estimate of drug-likeness (QED) is 0.156. The van der Waals surface area contributed by atoms with E-state index in [-0.39, 0.29) is 17.5 Å². The number of alkyl halides is 1. The van der Waals surface area contributed by atoms with Crippen LogP contribution in [0.3, 0.4) is 0 Å². The van der Waals surface area contributed by atoms with Crippen LogP contribution < -0.4 is 10.1 Å². The number of carboxylic acid groups (broad SMARTS) is 1. The van der Waals surface area contributed by atoms with Gasteiger partial charge in [0.05, 0.1) is 34.9 Å². The van der Waals surface area contributed by atoms with Gasteiger partial charge < -0.3 is 34.0 Å². The highest BCUT2D eigenvalue weighted by Gasteiger charge is 2.37. The Kier molecular flexibility index (Phi) is 8.27. The van der Waals surface area contributed by atoms with Crippen LogP contribution in [0, 0.1) is 0 Å². The van der Waals surface area contributed by atoms with Gasteiger partial charge in [0.2, 0.25) is 0 Å². The van der Waals surface area contributed by atoms with Crippen LogP contribution in [0.2, 0.25) is 18.1 Å². The molecular formula is C31H40FN5O5Si. The van der Waals surface area contributed by atoms with Gasteiger partial charge in [0.25, 0.3) is 5.91 Å². The number of amides is 2. The molecule has 0 radical (unpaired) electrons. The Morgan fingerprint density at radius 1 is 1.23 bits per heavy atom. The summed E-state index contributed by atoms with van der Waals surface area (Å²) in [5.41, 5.74) is 4.64. The first-order chi connectivity index (χ1) is 20.3. The van der Waals surface area contributed by atoms with E-state index in [1.54, 1.807) is 6.07 Å². The van der Waals surface area contributed by atoms with Crippen LogP contribution >= 0.6 is 0 Å². The van der Waals surface area contributed by atoms with Crippen molar-refractivity contribution in [3.8, 4) is 17.3 Å². The molecule has 0 aliphatic carbocycles. The largest absolute Gasteiger partial charge is 0.489 e. The first-order valence-electron chi connectivity index (χ1n) is 14.5. The Morgan fingerprint density at radius 2 is 2.00 bits per heavy atom. The highest BCUT2D eigenvalue weighted by Crippen LogP contribution is 2.37. The number of aromatic nitrogens is 3. The van der Waals surface area contributed by atoms with Crippen LogP contribution in [0.4, 0.5) is 9.18 Å². The molecule has 0 bridgehead atoms. The third-order valence-corrected chi connectivity index (χ3v) is 13.2. The molecule has 2 amide bonds. The van der Waals surface area contributed by atoms with Crippen molar-refractivity contribution >= 4 is 42.3 Å². The van der Waals surface area contributed by atoms with E-state index in [0.29, 0.717) is 43.1 Å². The molecule has 3 heterocycles. The molecule has 5 rings (SSSR count). The van der Waals surface area contributed by atoms with Crippen molar-refractivity contribution in [2.24, 2.45) is 7.05 Å². The lowest BCUT2D eigenvalue weighted by Gasteiger charge is -2.36. The first kappa shape index (κ1) is 30.6. The monoisotopic (exact) mass is 609 g/mol. The van der Waals surface area contributed by atoms with E-state index in [1.807, 2.05) is 41.9 Å². The van der Waals surface area contributed by atoms with Crippen molar-refractivity contribution in [3.05, 3.63) is 47.5 Å². The number of para-hydroxylation sites is 1. The van der Waals surface area contributed by atoms with Gasteiger partial charge >= 0.3 is 6.09 Å². The molecule has 10 nitrogen and oxygen atoms in total. The smallest absolute Gasteiger partial charge is 0.405 e. The number of carbonyl (C=O) groups is 2. The summed E-state index contributed by atoms with van der Waals surface area (Å²) in [7, 11) is 0.0883. The highest BCUT2D eigenvalue weighted by molar-refractivity contribution is 6.74. The van der Waals surface area contributed by atoms with Gasteiger partial charge in [-0.25, -0.2) is 14.2 Å². The van der Waals surface area contributed by atoms with Gasteiger partial charge in [-0.05, 0) is 54.4 Å². The number of rotatable bonds is 10. The molecule has 1 aliphatic heterocycles.